The number of ether oxygens (including phenoxy) is 1. The SMILES string of the molecule is C=CC(=O)N1CCN(c2cc(C(=O)N(C)c3cccc4ccccc34)nc(OC[C@@H]3CCCN3C)n2)CC1. The topological polar surface area (TPSA) is 82.1 Å². The second-order valence-electron chi connectivity index (χ2n) is 9.86. The molecule has 1 atom stereocenters. The predicted molar refractivity (Wildman–Crippen MR) is 149 cm³/mol. The van der Waals surface area contributed by atoms with Crippen molar-refractivity contribution in [3.05, 3.63) is 66.9 Å². The van der Waals surface area contributed by atoms with Gasteiger partial charge in [0.05, 0.1) is 5.69 Å². The van der Waals surface area contributed by atoms with Crippen LogP contribution in [0.15, 0.2) is 61.2 Å². The van der Waals surface area contributed by atoms with Gasteiger partial charge in [-0.1, -0.05) is 43.0 Å². The summed E-state index contributed by atoms with van der Waals surface area (Å²) in [7, 11) is 3.86. The van der Waals surface area contributed by atoms with Crippen LogP contribution in [0.5, 0.6) is 6.01 Å². The summed E-state index contributed by atoms with van der Waals surface area (Å²) in [4.78, 5) is 42.8. The third kappa shape index (κ3) is 5.33. The monoisotopic (exact) mass is 514 g/mol. The number of likely N-dealkylation sites (tertiary alicyclic amines) is 1. The molecule has 2 aliphatic rings. The van der Waals surface area contributed by atoms with Crippen LogP contribution in [0.3, 0.4) is 0 Å². The number of carbonyl (C=O) groups is 2. The van der Waals surface area contributed by atoms with Crippen LogP contribution in [0.25, 0.3) is 10.8 Å². The molecule has 198 valence electrons. The number of likely N-dealkylation sites (N-methyl/N-ethyl adjacent to an activating group) is 1. The van der Waals surface area contributed by atoms with E-state index < -0.39 is 0 Å². The summed E-state index contributed by atoms with van der Waals surface area (Å²) in [5.41, 5.74) is 1.07. The Labute approximate surface area is 223 Å². The summed E-state index contributed by atoms with van der Waals surface area (Å²) >= 11 is 0. The Kier molecular flexibility index (Phi) is 7.55. The van der Waals surface area contributed by atoms with Crippen LogP contribution in [-0.2, 0) is 4.79 Å². The molecule has 3 aromatic rings. The van der Waals surface area contributed by atoms with Crippen molar-refractivity contribution in [2.75, 3.05) is 63.2 Å². The van der Waals surface area contributed by atoms with E-state index in [1.807, 2.05) is 42.5 Å². The lowest BCUT2D eigenvalue weighted by Crippen LogP contribution is -2.48. The predicted octanol–water partition coefficient (Wildman–Crippen LogP) is 3.21. The van der Waals surface area contributed by atoms with Gasteiger partial charge in [0, 0.05) is 50.7 Å². The Morgan fingerprint density at radius 3 is 2.58 bits per heavy atom. The molecule has 9 heteroatoms. The summed E-state index contributed by atoms with van der Waals surface area (Å²) in [6.45, 7) is 7.39. The van der Waals surface area contributed by atoms with Crippen molar-refractivity contribution in [3.63, 3.8) is 0 Å². The van der Waals surface area contributed by atoms with E-state index in [2.05, 4.69) is 33.4 Å². The van der Waals surface area contributed by atoms with Gasteiger partial charge in [-0.05, 0) is 44.0 Å². The van der Waals surface area contributed by atoms with E-state index in [9.17, 15) is 9.59 Å². The van der Waals surface area contributed by atoms with Crippen LogP contribution in [0, 0.1) is 0 Å². The van der Waals surface area contributed by atoms with Gasteiger partial charge in [-0.15, -0.1) is 0 Å². The van der Waals surface area contributed by atoms with Crippen LogP contribution >= 0.6 is 0 Å². The van der Waals surface area contributed by atoms with E-state index in [0.29, 0.717) is 44.6 Å². The Balaban J connectivity index is 1.43. The summed E-state index contributed by atoms with van der Waals surface area (Å²) in [5, 5.41) is 2.05. The van der Waals surface area contributed by atoms with Gasteiger partial charge in [0.15, 0.2) is 0 Å². The van der Waals surface area contributed by atoms with Crippen LogP contribution < -0.4 is 14.5 Å². The molecular weight excluding hydrogens is 480 g/mol. The van der Waals surface area contributed by atoms with E-state index in [-0.39, 0.29) is 23.5 Å². The zero-order valence-corrected chi connectivity index (χ0v) is 22.0. The molecule has 0 spiro atoms. The molecule has 2 amide bonds. The smallest absolute Gasteiger partial charge is 0.319 e. The first-order chi connectivity index (χ1) is 18.4. The highest BCUT2D eigenvalue weighted by Crippen LogP contribution is 2.28. The zero-order valence-electron chi connectivity index (χ0n) is 22.0. The van der Waals surface area contributed by atoms with E-state index in [1.165, 1.54) is 6.08 Å². The minimum absolute atomic E-state index is 0.0791. The number of fused-ring (bicyclic) bond motifs is 1. The van der Waals surface area contributed by atoms with Crippen molar-refractivity contribution in [2.24, 2.45) is 0 Å². The Morgan fingerprint density at radius 2 is 1.84 bits per heavy atom. The first kappa shape index (κ1) is 25.7. The van der Waals surface area contributed by atoms with E-state index in [0.717, 1.165) is 35.8 Å². The molecule has 2 aliphatic heterocycles. The molecule has 38 heavy (non-hydrogen) atoms. The highest BCUT2D eigenvalue weighted by atomic mass is 16.5. The highest BCUT2D eigenvalue weighted by molar-refractivity contribution is 6.09. The number of carbonyl (C=O) groups excluding carboxylic acids is 2. The number of benzene rings is 2. The maximum absolute atomic E-state index is 13.8. The van der Waals surface area contributed by atoms with Crippen molar-refractivity contribution < 1.29 is 14.3 Å². The van der Waals surface area contributed by atoms with E-state index in [4.69, 9.17) is 4.74 Å². The number of piperazine rings is 1. The summed E-state index contributed by atoms with van der Waals surface area (Å²) in [5.74, 6) is 0.299. The highest BCUT2D eigenvalue weighted by Gasteiger charge is 2.26. The number of hydrogen-bond donors (Lipinski definition) is 0. The average molecular weight is 515 g/mol. The summed E-state index contributed by atoms with van der Waals surface area (Å²) < 4.78 is 6.08. The van der Waals surface area contributed by atoms with Gasteiger partial charge in [-0.3, -0.25) is 9.59 Å². The van der Waals surface area contributed by atoms with Crippen LogP contribution in [0.1, 0.15) is 23.3 Å². The maximum Gasteiger partial charge on any atom is 0.319 e. The van der Waals surface area contributed by atoms with Gasteiger partial charge in [0.25, 0.3) is 5.91 Å². The molecule has 2 saturated heterocycles. The minimum atomic E-state index is -0.242. The zero-order chi connectivity index (χ0) is 26.6. The maximum atomic E-state index is 13.8. The molecule has 0 bridgehead atoms. The first-order valence-electron chi connectivity index (χ1n) is 13.1. The van der Waals surface area contributed by atoms with Crippen molar-refractivity contribution in [3.8, 4) is 6.01 Å². The lowest BCUT2D eigenvalue weighted by Gasteiger charge is -2.35. The fourth-order valence-electron chi connectivity index (χ4n) is 5.18. The molecule has 0 radical (unpaired) electrons. The number of amides is 2. The summed E-state index contributed by atoms with van der Waals surface area (Å²) in [6, 6.07) is 16.1. The third-order valence-corrected chi connectivity index (χ3v) is 7.51. The Bertz CT molecular complexity index is 1330. The van der Waals surface area contributed by atoms with Gasteiger partial charge >= 0.3 is 6.01 Å². The molecule has 0 N–H and O–H groups in total. The number of rotatable bonds is 7. The van der Waals surface area contributed by atoms with E-state index >= 15 is 0 Å². The van der Waals surface area contributed by atoms with Crippen LogP contribution in [0.2, 0.25) is 0 Å². The lowest BCUT2D eigenvalue weighted by atomic mass is 10.1. The van der Waals surface area contributed by atoms with Crippen LogP contribution in [-0.4, -0.2) is 91.0 Å². The quantitative estimate of drug-likeness (QED) is 0.448. The molecule has 9 nitrogen and oxygen atoms in total. The standard InChI is InChI=1S/C29H34N6O3/c1-4-27(36)35-17-15-34(16-18-35)26-19-24(30-29(31-26)38-20-22-11-8-14-32(22)2)28(37)33(3)25-13-7-10-21-9-5-6-12-23(21)25/h4-7,9-10,12-13,19,22H,1,8,11,14-18,20H2,2-3H3/t22-/m0/s1. The minimum Gasteiger partial charge on any atom is -0.462 e. The van der Waals surface area contributed by atoms with Gasteiger partial charge < -0.3 is 24.3 Å². The molecule has 0 saturated carbocycles. The van der Waals surface area contributed by atoms with Crippen molar-refractivity contribution in [1.29, 1.82) is 0 Å². The van der Waals surface area contributed by atoms with Crippen molar-refractivity contribution >= 4 is 34.1 Å². The fourth-order valence-corrected chi connectivity index (χ4v) is 5.18. The second-order valence-corrected chi connectivity index (χ2v) is 9.86. The van der Waals surface area contributed by atoms with Gasteiger partial charge in [-0.25, -0.2) is 0 Å². The lowest BCUT2D eigenvalue weighted by molar-refractivity contribution is -0.126. The number of nitrogens with zero attached hydrogens (tertiary/aromatic N) is 6. The normalized spacial score (nSPS) is 18.0. The Morgan fingerprint density at radius 1 is 1.08 bits per heavy atom. The molecule has 3 heterocycles. The molecule has 1 aromatic heterocycles. The van der Waals surface area contributed by atoms with Crippen LogP contribution in [0.4, 0.5) is 11.5 Å². The molecule has 0 unspecified atom stereocenters. The molecule has 0 aliphatic carbocycles. The number of anilines is 2. The van der Waals surface area contributed by atoms with Crippen molar-refractivity contribution in [2.45, 2.75) is 18.9 Å². The van der Waals surface area contributed by atoms with E-state index in [1.54, 1.807) is 22.9 Å². The largest absolute Gasteiger partial charge is 0.462 e. The fraction of sp³-hybridized carbons (Fsp3) is 0.379. The molecular formula is C29H34N6O3. The van der Waals surface area contributed by atoms with Gasteiger partial charge in [-0.2, -0.15) is 9.97 Å². The molecule has 2 aromatic carbocycles. The van der Waals surface area contributed by atoms with Gasteiger partial charge in [0.1, 0.15) is 18.1 Å². The molecule has 2 fully saturated rings. The van der Waals surface area contributed by atoms with Crippen molar-refractivity contribution in [1.82, 2.24) is 19.8 Å². The van der Waals surface area contributed by atoms with Gasteiger partial charge in [0.2, 0.25) is 5.91 Å². The number of aromatic nitrogens is 2. The Hall–Kier alpha value is -3.98. The third-order valence-electron chi connectivity index (χ3n) is 7.51. The summed E-state index contributed by atoms with van der Waals surface area (Å²) in [6.07, 6.45) is 3.54. The second kappa shape index (κ2) is 11.2. The molecule has 5 rings (SSSR count). The average Bonchev–Trinajstić information content (AvgIpc) is 3.38. The first-order valence-corrected chi connectivity index (χ1v) is 13.1. The number of hydrogen-bond acceptors (Lipinski definition) is 7.